The lowest BCUT2D eigenvalue weighted by molar-refractivity contribution is 0.600. The van der Waals surface area contributed by atoms with Gasteiger partial charge < -0.3 is 0 Å². The van der Waals surface area contributed by atoms with Crippen molar-refractivity contribution in [3.05, 3.63) is 95.3 Å². The molecular weight excluding hydrogens is 438 g/mol. The third-order valence-electron chi connectivity index (χ3n) is 5.29. The second-order valence-electron chi connectivity index (χ2n) is 7.74. The average molecular weight is 458 g/mol. The average Bonchev–Trinajstić information content (AvgIpc) is 3.18. The molecule has 0 saturated carbocycles. The van der Waals surface area contributed by atoms with E-state index in [9.17, 15) is 13.2 Å². The minimum absolute atomic E-state index is 0.204. The molecule has 33 heavy (non-hydrogen) atoms. The molecule has 0 spiro atoms. The molecule has 8 nitrogen and oxygen atoms in total. The van der Waals surface area contributed by atoms with E-state index in [-0.39, 0.29) is 11.2 Å². The van der Waals surface area contributed by atoms with Crippen molar-refractivity contribution in [1.29, 1.82) is 0 Å². The van der Waals surface area contributed by atoms with Crippen LogP contribution in [-0.2, 0) is 22.8 Å². The second-order valence-corrected chi connectivity index (χ2v) is 9.46. The molecule has 0 unspecified atom stereocenters. The summed E-state index contributed by atoms with van der Waals surface area (Å²) in [6, 6.07) is 13.7. The largest absolute Gasteiger partial charge is 0.289 e. The van der Waals surface area contributed by atoms with Crippen LogP contribution in [0, 0.1) is 0 Å². The SMILES string of the molecule is Cn1cc(-c2cnc3ccc4ccc(CS(=O)(=O)Nc5ccncc5)cc4c(=O)c3c2)cn1. The molecule has 1 N–H and O–H groups in total. The quantitative estimate of drug-likeness (QED) is 0.433. The fourth-order valence-electron chi connectivity index (χ4n) is 3.72. The molecule has 0 amide bonds. The highest BCUT2D eigenvalue weighted by atomic mass is 32.2. The molecule has 5 rings (SSSR count). The van der Waals surface area contributed by atoms with Crippen molar-refractivity contribution in [3.8, 4) is 11.1 Å². The number of sulfonamides is 1. The summed E-state index contributed by atoms with van der Waals surface area (Å²) < 4.78 is 29.5. The van der Waals surface area contributed by atoms with E-state index in [0.29, 0.717) is 32.9 Å². The van der Waals surface area contributed by atoms with Gasteiger partial charge in [-0.15, -0.1) is 0 Å². The molecule has 0 fully saturated rings. The molecule has 9 heteroatoms. The van der Waals surface area contributed by atoms with Crippen molar-refractivity contribution in [2.75, 3.05) is 4.72 Å². The van der Waals surface area contributed by atoms with Gasteiger partial charge >= 0.3 is 0 Å². The van der Waals surface area contributed by atoms with Gasteiger partial charge in [-0.25, -0.2) is 8.42 Å². The second kappa shape index (κ2) is 8.10. The van der Waals surface area contributed by atoms with Crippen LogP contribution in [0.25, 0.3) is 32.8 Å². The molecule has 3 heterocycles. The van der Waals surface area contributed by atoms with Crippen LogP contribution in [0.3, 0.4) is 0 Å². The van der Waals surface area contributed by atoms with E-state index >= 15 is 0 Å². The molecule has 0 bridgehead atoms. The van der Waals surface area contributed by atoms with Gasteiger partial charge in [0, 0.05) is 53.7 Å². The van der Waals surface area contributed by atoms with E-state index in [1.54, 1.807) is 59.5 Å². The summed E-state index contributed by atoms with van der Waals surface area (Å²) in [7, 11) is -1.85. The Kier molecular flexibility index (Phi) is 5.10. The number of hydrogen-bond acceptors (Lipinski definition) is 6. The van der Waals surface area contributed by atoms with Gasteiger partial charge in [-0.2, -0.15) is 5.10 Å². The van der Waals surface area contributed by atoms with E-state index < -0.39 is 10.0 Å². The standard InChI is InChI=1S/C24H19N5O3S/c1-29-14-19(13-27-29)18-11-22-23(26-12-18)5-4-17-3-2-16(10-21(17)24(22)30)15-33(31,32)28-20-6-8-25-9-7-20/h2-14H,15H2,1H3,(H,25,28). The number of pyridine rings is 2. The van der Waals surface area contributed by atoms with Crippen molar-refractivity contribution < 1.29 is 8.42 Å². The van der Waals surface area contributed by atoms with Crippen molar-refractivity contribution in [2.24, 2.45) is 7.05 Å². The summed E-state index contributed by atoms with van der Waals surface area (Å²) in [6.45, 7) is 0. The van der Waals surface area contributed by atoms with Gasteiger partial charge in [0.2, 0.25) is 10.0 Å². The summed E-state index contributed by atoms with van der Waals surface area (Å²) in [4.78, 5) is 21.8. The minimum Gasteiger partial charge on any atom is -0.289 e. The Morgan fingerprint density at radius 2 is 1.73 bits per heavy atom. The Hall–Kier alpha value is -4.11. The first-order valence-electron chi connectivity index (χ1n) is 10.1. The first kappa shape index (κ1) is 20.8. The van der Waals surface area contributed by atoms with Gasteiger partial charge in [-0.05, 0) is 41.3 Å². The number of aryl methyl sites for hydroxylation is 1. The summed E-state index contributed by atoms with van der Waals surface area (Å²) in [5.74, 6) is -0.263. The van der Waals surface area contributed by atoms with Gasteiger partial charge in [-0.1, -0.05) is 18.2 Å². The smallest absolute Gasteiger partial charge is 0.236 e. The molecule has 0 radical (unpaired) electrons. The fraction of sp³-hybridized carbons (Fsp3) is 0.0833. The van der Waals surface area contributed by atoms with Gasteiger partial charge in [0.25, 0.3) is 0 Å². The van der Waals surface area contributed by atoms with Crippen molar-refractivity contribution in [3.63, 3.8) is 0 Å². The zero-order valence-electron chi connectivity index (χ0n) is 17.6. The number of hydrogen-bond donors (Lipinski definition) is 1. The number of rotatable bonds is 5. The zero-order chi connectivity index (χ0) is 23.0. The van der Waals surface area contributed by atoms with Crippen LogP contribution in [0.4, 0.5) is 5.69 Å². The Morgan fingerprint density at radius 1 is 0.939 bits per heavy atom. The van der Waals surface area contributed by atoms with E-state index in [0.717, 1.165) is 11.1 Å². The summed E-state index contributed by atoms with van der Waals surface area (Å²) in [6.07, 6.45) is 8.31. The highest BCUT2D eigenvalue weighted by molar-refractivity contribution is 7.91. The van der Waals surface area contributed by atoms with Crippen LogP contribution in [-0.4, -0.2) is 28.2 Å². The van der Waals surface area contributed by atoms with Crippen LogP contribution >= 0.6 is 0 Å². The van der Waals surface area contributed by atoms with Crippen molar-refractivity contribution in [2.45, 2.75) is 5.75 Å². The number of fused-ring (bicyclic) bond motifs is 2. The first-order chi connectivity index (χ1) is 15.9. The highest BCUT2D eigenvalue weighted by Crippen LogP contribution is 2.23. The molecule has 164 valence electrons. The van der Waals surface area contributed by atoms with Gasteiger partial charge in [0.1, 0.15) is 0 Å². The Bertz CT molecular complexity index is 1670. The summed E-state index contributed by atoms with van der Waals surface area (Å²) in [5, 5.41) is 5.79. The van der Waals surface area contributed by atoms with Crippen LogP contribution < -0.4 is 10.2 Å². The van der Waals surface area contributed by atoms with Crippen molar-refractivity contribution >= 4 is 37.4 Å². The molecule has 0 aliphatic rings. The van der Waals surface area contributed by atoms with Crippen LogP contribution in [0.1, 0.15) is 5.56 Å². The molecule has 0 atom stereocenters. The Balaban J connectivity index is 1.58. The van der Waals surface area contributed by atoms with E-state index in [4.69, 9.17) is 0 Å². The lowest BCUT2D eigenvalue weighted by atomic mass is 10.1. The maximum absolute atomic E-state index is 13.5. The lowest BCUT2D eigenvalue weighted by Gasteiger charge is -2.08. The van der Waals surface area contributed by atoms with Crippen LogP contribution in [0.2, 0.25) is 0 Å². The predicted octanol–water partition coefficient (Wildman–Crippen LogP) is 3.49. The third kappa shape index (κ3) is 4.31. The molecule has 0 aliphatic carbocycles. The van der Waals surface area contributed by atoms with E-state index in [1.165, 1.54) is 12.4 Å². The monoisotopic (exact) mass is 457 g/mol. The molecule has 3 aromatic heterocycles. The van der Waals surface area contributed by atoms with E-state index in [1.807, 2.05) is 19.3 Å². The summed E-state index contributed by atoms with van der Waals surface area (Å²) in [5.41, 5.74) is 2.95. The molecule has 5 aromatic rings. The maximum Gasteiger partial charge on any atom is 0.236 e. The topological polar surface area (TPSA) is 107 Å². The Labute approximate surface area is 189 Å². The predicted molar refractivity (Wildman–Crippen MR) is 128 cm³/mol. The van der Waals surface area contributed by atoms with Crippen molar-refractivity contribution in [1.82, 2.24) is 19.7 Å². The van der Waals surface area contributed by atoms with Crippen LogP contribution in [0.15, 0.2) is 84.3 Å². The van der Waals surface area contributed by atoms with Gasteiger partial charge in [0.05, 0.1) is 23.2 Å². The van der Waals surface area contributed by atoms with E-state index in [2.05, 4.69) is 19.8 Å². The number of anilines is 1. The molecule has 2 aromatic carbocycles. The van der Waals surface area contributed by atoms with Gasteiger partial charge in [-0.3, -0.25) is 24.2 Å². The first-order valence-corrected chi connectivity index (χ1v) is 11.8. The molecule has 0 aliphatic heterocycles. The normalized spacial score (nSPS) is 11.7. The maximum atomic E-state index is 13.5. The number of nitrogens with zero attached hydrogens (tertiary/aromatic N) is 4. The number of nitrogens with one attached hydrogen (secondary N) is 1. The third-order valence-corrected chi connectivity index (χ3v) is 6.55. The zero-order valence-corrected chi connectivity index (χ0v) is 18.5. The minimum atomic E-state index is -3.67. The summed E-state index contributed by atoms with van der Waals surface area (Å²) >= 11 is 0. The number of aromatic nitrogens is 4. The highest BCUT2D eigenvalue weighted by Gasteiger charge is 2.14. The lowest BCUT2D eigenvalue weighted by Crippen LogP contribution is -2.15. The molecule has 0 saturated heterocycles. The Morgan fingerprint density at radius 3 is 2.48 bits per heavy atom. The van der Waals surface area contributed by atoms with Gasteiger partial charge in [0.15, 0.2) is 5.43 Å². The fourth-order valence-corrected chi connectivity index (χ4v) is 4.91. The molecular formula is C24H19N5O3S. The van der Waals surface area contributed by atoms with Crippen LogP contribution in [0.5, 0.6) is 0 Å². The number of benzene rings is 1.